The molecule has 0 saturated heterocycles. The van der Waals surface area contributed by atoms with Crippen LogP contribution in [0.15, 0.2) is 36.4 Å². The zero-order valence-corrected chi connectivity index (χ0v) is 19.6. The summed E-state index contributed by atoms with van der Waals surface area (Å²) in [7, 11) is 0. The first-order valence-electron chi connectivity index (χ1n) is 10.8. The molecule has 0 radical (unpaired) electrons. The number of para-hydroxylation sites is 2. The Labute approximate surface area is 181 Å². The van der Waals surface area contributed by atoms with Gasteiger partial charge in [-0.25, -0.2) is 0 Å². The van der Waals surface area contributed by atoms with Crippen LogP contribution in [0.5, 0.6) is 23.0 Å². The van der Waals surface area contributed by atoms with Gasteiger partial charge in [-0.05, 0) is 67.5 Å². The van der Waals surface area contributed by atoms with Crippen LogP contribution in [0, 0.1) is 0 Å². The van der Waals surface area contributed by atoms with Gasteiger partial charge in [0, 0.05) is 11.1 Å². The van der Waals surface area contributed by atoms with Gasteiger partial charge in [0.1, 0.15) is 0 Å². The summed E-state index contributed by atoms with van der Waals surface area (Å²) in [6.07, 6.45) is 4.27. The number of ether oxygens (including phenoxy) is 4. The fraction of sp³-hybridized carbons (Fsp3) is 0.462. The third-order valence-corrected chi connectivity index (χ3v) is 3.89. The van der Waals surface area contributed by atoms with Gasteiger partial charge in [-0.3, -0.25) is 0 Å². The second-order valence-electron chi connectivity index (χ2n) is 8.35. The van der Waals surface area contributed by atoms with Crippen LogP contribution in [0.25, 0.3) is 12.2 Å². The van der Waals surface area contributed by atoms with E-state index >= 15 is 0 Å². The molecule has 2 rings (SSSR count). The minimum absolute atomic E-state index is 0.0386. The maximum absolute atomic E-state index is 6.10. The van der Waals surface area contributed by atoms with Crippen LogP contribution in [-0.2, 0) is 0 Å². The first kappa shape index (κ1) is 23.7. The van der Waals surface area contributed by atoms with Crippen LogP contribution >= 0.6 is 0 Å². The van der Waals surface area contributed by atoms with Crippen molar-refractivity contribution in [3.63, 3.8) is 0 Å². The number of rotatable bonds is 10. The van der Waals surface area contributed by atoms with Crippen molar-refractivity contribution in [3.8, 4) is 23.0 Å². The molecule has 0 aliphatic carbocycles. The molecule has 2 aromatic carbocycles. The number of hydrogen-bond donors (Lipinski definition) is 0. The van der Waals surface area contributed by atoms with Crippen molar-refractivity contribution in [2.45, 2.75) is 79.8 Å². The van der Waals surface area contributed by atoms with Crippen molar-refractivity contribution in [3.05, 3.63) is 47.5 Å². The smallest absolute Gasteiger partial charge is 0.168 e. The molecule has 2 aromatic rings. The monoisotopic (exact) mass is 412 g/mol. The second kappa shape index (κ2) is 11.0. The van der Waals surface area contributed by atoms with E-state index in [1.165, 1.54) is 0 Å². The molecule has 0 atom stereocenters. The zero-order valence-electron chi connectivity index (χ0n) is 19.6. The summed E-state index contributed by atoms with van der Waals surface area (Å²) < 4.78 is 24.2. The average Bonchev–Trinajstić information content (AvgIpc) is 2.62. The van der Waals surface area contributed by atoms with Gasteiger partial charge in [0.2, 0.25) is 0 Å². The van der Waals surface area contributed by atoms with Crippen LogP contribution in [0.2, 0.25) is 0 Å². The fourth-order valence-corrected chi connectivity index (χ4v) is 2.92. The molecular weight excluding hydrogens is 376 g/mol. The van der Waals surface area contributed by atoms with E-state index in [9.17, 15) is 0 Å². The molecule has 0 aliphatic heterocycles. The third-order valence-electron chi connectivity index (χ3n) is 3.89. The molecule has 164 valence electrons. The summed E-state index contributed by atoms with van der Waals surface area (Å²) in [4.78, 5) is 0. The first-order chi connectivity index (χ1) is 14.2. The van der Waals surface area contributed by atoms with Crippen molar-refractivity contribution >= 4 is 12.2 Å². The van der Waals surface area contributed by atoms with E-state index in [1.54, 1.807) is 0 Å². The molecule has 0 bridgehead atoms. The van der Waals surface area contributed by atoms with Crippen LogP contribution in [0.4, 0.5) is 0 Å². The molecule has 0 unspecified atom stereocenters. The largest absolute Gasteiger partial charge is 0.487 e. The molecule has 4 heteroatoms. The minimum atomic E-state index is 0.0386. The van der Waals surface area contributed by atoms with Crippen LogP contribution in [-0.4, -0.2) is 24.4 Å². The van der Waals surface area contributed by atoms with Gasteiger partial charge < -0.3 is 18.9 Å². The predicted octanol–water partition coefficient (Wildman–Crippen LogP) is 7.01. The Morgan fingerprint density at radius 1 is 0.500 bits per heavy atom. The lowest BCUT2D eigenvalue weighted by atomic mass is 10.1. The standard InChI is InChI=1S/C26H36O4/c1-17(2)27-23-13-9-11-21(25(23)29-19(5)6)15-16-22-12-10-14-24(28-18(3)4)26(22)30-20(7)8/h9-20H,1-8H3/b16-15+. The van der Waals surface area contributed by atoms with E-state index < -0.39 is 0 Å². The lowest BCUT2D eigenvalue weighted by molar-refractivity contribution is 0.198. The first-order valence-corrected chi connectivity index (χ1v) is 10.8. The van der Waals surface area contributed by atoms with E-state index in [1.807, 2.05) is 104 Å². The highest BCUT2D eigenvalue weighted by atomic mass is 16.5. The predicted molar refractivity (Wildman–Crippen MR) is 125 cm³/mol. The molecule has 0 amide bonds. The summed E-state index contributed by atoms with van der Waals surface area (Å²) >= 11 is 0. The molecule has 0 aliphatic rings. The number of benzene rings is 2. The Hall–Kier alpha value is -2.62. The second-order valence-corrected chi connectivity index (χ2v) is 8.35. The topological polar surface area (TPSA) is 36.9 Å². The van der Waals surface area contributed by atoms with Gasteiger partial charge in [0.25, 0.3) is 0 Å². The normalized spacial score (nSPS) is 11.7. The highest BCUT2D eigenvalue weighted by Gasteiger charge is 2.15. The van der Waals surface area contributed by atoms with Gasteiger partial charge in [0.15, 0.2) is 23.0 Å². The zero-order chi connectivity index (χ0) is 22.3. The van der Waals surface area contributed by atoms with Gasteiger partial charge in [-0.2, -0.15) is 0 Å². The molecule has 0 N–H and O–H groups in total. The van der Waals surface area contributed by atoms with Crippen molar-refractivity contribution < 1.29 is 18.9 Å². The minimum Gasteiger partial charge on any atom is -0.487 e. The van der Waals surface area contributed by atoms with Crippen molar-refractivity contribution in [2.24, 2.45) is 0 Å². The summed E-state index contributed by atoms with van der Waals surface area (Å²) in [5.41, 5.74) is 1.90. The van der Waals surface area contributed by atoms with Crippen molar-refractivity contribution in [2.75, 3.05) is 0 Å². The number of hydrogen-bond acceptors (Lipinski definition) is 4. The maximum atomic E-state index is 6.10. The third kappa shape index (κ3) is 7.01. The van der Waals surface area contributed by atoms with Gasteiger partial charge in [-0.15, -0.1) is 0 Å². The van der Waals surface area contributed by atoms with Gasteiger partial charge in [-0.1, -0.05) is 36.4 Å². The van der Waals surface area contributed by atoms with Crippen molar-refractivity contribution in [1.29, 1.82) is 0 Å². The van der Waals surface area contributed by atoms with Crippen LogP contribution < -0.4 is 18.9 Å². The highest BCUT2D eigenvalue weighted by Crippen LogP contribution is 2.37. The molecule has 0 heterocycles. The molecule has 30 heavy (non-hydrogen) atoms. The molecule has 0 fully saturated rings. The molecular formula is C26H36O4. The molecule has 0 saturated carbocycles. The quantitative estimate of drug-likeness (QED) is 0.393. The van der Waals surface area contributed by atoms with Crippen LogP contribution in [0.1, 0.15) is 66.5 Å². The highest BCUT2D eigenvalue weighted by molar-refractivity contribution is 5.77. The van der Waals surface area contributed by atoms with Crippen LogP contribution in [0.3, 0.4) is 0 Å². The van der Waals surface area contributed by atoms with E-state index in [0.717, 1.165) is 34.1 Å². The molecule has 0 aromatic heterocycles. The van der Waals surface area contributed by atoms with E-state index in [-0.39, 0.29) is 24.4 Å². The lowest BCUT2D eigenvalue weighted by Crippen LogP contribution is -2.12. The molecule has 0 spiro atoms. The summed E-state index contributed by atoms with van der Waals surface area (Å²) in [5.74, 6) is 2.99. The average molecular weight is 413 g/mol. The van der Waals surface area contributed by atoms with Crippen molar-refractivity contribution in [1.82, 2.24) is 0 Å². The van der Waals surface area contributed by atoms with E-state index in [2.05, 4.69) is 0 Å². The molecule has 4 nitrogen and oxygen atoms in total. The lowest BCUT2D eigenvalue weighted by Gasteiger charge is -2.20. The summed E-state index contributed by atoms with van der Waals surface area (Å²) in [5, 5.41) is 0. The van der Waals surface area contributed by atoms with E-state index in [0.29, 0.717) is 0 Å². The Bertz CT molecular complexity index is 765. The Balaban J connectivity index is 2.48. The Morgan fingerprint density at radius 2 is 0.833 bits per heavy atom. The van der Waals surface area contributed by atoms with Gasteiger partial charge in [0.05, 0.1) is 24.4 Å². The van der Waals surface area contributed by atoms with E-state index in [4.69, 9.17) is 18.9 Å². The summed E-state index contributed by atoms with van der Waals surface area (Å²) in [6.45, 7) is 16.1. The summed E-state index contributed by atoms with van der Waals surface area (Å²) in [6, 6.07) is 11.9. The maximum Gasteiger partial charge on any atom is 0.168 e. The SMILES string of the molecule is CC(C)Oc1cccc(/C=C/c2cccc(OC(C)C)c2OC(C)C)c1OC(C)C. The fourth-order valence-electron chi connectivity index (χ4n) is 2.92. The Kier molecular flexibility index (Phi) is 8.64. The van der Waals surface area contributed by atoms with Gasteiger partial charge >= 0.3 is 0 Å². The Morgan fingerprint density at radius 3 is 1.13 bits per heavy atom.